The lowest BCUT2D eigenvalue weighted by Gasteiger charge is -2.05. The quantitative estimate of drug-likeness (QED) is 0.851. The van der Waals surface area contributed by atoms with Crippen LogP contribution in [0.15, 0.2) is 24.3 Å². The summed E-state index contributed by atoms with van der Waals surface area (Å²) in [4.78, 5) is 15.9. The molecule has 0 saturated heterocycles. The van der Waals surface area contributed by atoms with Crippen molar-refractivity contribution in [1.82, 2.24) is 4.98 Å². The molecular formula is C13H14N2O2S2. The van der Waals surface area contributed by atoms with Gasteiger partial charge in [0.1, 0.15) is 5.75 Å². The molecule has 0 aliphatic rings. The summed E-state index contributed by atoms with van der Waals surface area (Å²) in [7, 11) is 1.61. The van der Waals surface area contributed by atoms with Gasteiger partial charge in [-0.25, -0.2) is 0 Å². The summed E-state index contributed by atoms with van der Waals surface area (Å²) in [6.45, 7) is 1.92. The first-order valence-electron chi connectivity index (χ1n) is 5.71. The van der Waals surface area contributed by atoms with Crippen LogP contribution in [0.4, 0.5) is 5.69 Å². The molecule has 0 fully saturated rings. The number of rotatable bonds is 4. The van der Waals surface area contributed by atoms with Crippen LogP contribution < -0.4 is 10.1 Å². The Hall–Kier alpha value is -1.66. The third-order valence-corrected chi connectivity index (χ3v) is 3.96. The first-order valence-corrected chi connectivity index (χ1v) is 6.93. The number of aromatic nitrogens is 1. The third-order valence-electron chi connectivity index (χ3n) is 2.62. The minimum atomic E-state index is -0.0569. The highest BCUT2D eigenvalue weighted by molar-refractivity contribution is 7.73. The van der Waals surface area contributed by atoms with Gasteiger partial charge in [-0.3, -0.25) is 4.79 Å². The molecule has 2 N–H and O–H groups in total. The normalized spacial score (nSPS) is 10.2. The average molecular weight is 294 g/mol. The van der Waals surface area contributed by atoms with Crippen LogP contribution in [0, 0.1) is 10.9 Å². The van der Waals surface area contributed by atoms with Crippen LogP contribution in [-0.4, -0.2) is 18.0 Å². The number of carbonyl (C=O) groups is 1. The zero-order valence-corrected chi connectivity index (χ0v) is 12.3. The average Bonchev–Trinajstić information content (AvgIpc) is 2.68. The zero-order chi connectivity index (χ0) is 13.8. The number of hydrogen-bond acceptors (Lipinski definition) is 4. The summed E-state index contributed by atoms with van der Waals surface area (Å²) >= 11 is 6.49. The molecular weight excluding hydrogens is 280 g/mol. The summed E-state index contributed by atoms with van der Waals surface area (Å²) in [5, 5.41) is 2.84. The van der Waals surface area contributed by atoms with Gasteiger partial charge in [-0.05, 0) is 43.4 Å². The monoisotopic (exact) mass is 294 g/mol. The highest BCUT2D eigenvalue weighted by atomic mass is 32.1. The molecule has 1 heterocycles. The zero-order valence-electron chi connectivity index (χ0n) is 10.6. The smallest absolute Gasteiger partial charge is 0.229 e. The predicted octanol–water partition coefficient (Wildman–Crippen LogP) is 3.30. The molecule has 0 saturated carbocycles. The van der Waals surface area contributed by atoms with Gasteiger partial charge in [0.15, 0.2) is 3.95 Å². The molecule has 6 heteroatoms. The maximum atomic E-state index is 11.9. The molecule has 0 bridgehead atoms. The summed E-state index contributed by atoms with van der Waals surface area (Å²) in [5.74, 6) is 0.705. The molecule has 1 aromatic carbocycles. The molecule has 0 atom stereocenters. The Labute approximate surface area is 120 Å². The number of methoxy groups -OCH3 is 1. The van der Waals surface area contributed by atoms with Crippen molar-refractivity contribution in [3.05, 3.63) is 38.8 Å². The molecule has 1 amide bonds. The van der Waals surface area contributed by atoms with Crippen molar-refractivity contribution in [3.8, 4) is 5.75 Å². The standard InChI is InChI=1S/C13H14N2O2S2/c1-8-11(19-13(18)14-8)7-12(16)15-9-3-5-10(17-2)6-4-9/h3-6H,7H2,1-2H3,(H,14,18)(H,15,16). The van der Waals surface area contributed by atoms with Crippen molar-refractivity contribution in [2.45, 2.75) is 13.3 Å². The first-order chi connectivity index (χ1) is 9.08. The van der Waals surface area contributed by atoms with E-state index < -0.39 is 0 Å². The van der Waals surface area contributed by atoms with Crippen LogP contribution in [0.1, 0.15) is 10.6 Å². The lowest BCUT2D eigenvalue weighted by atomic mass is 10.2. The molecule has 2 rings (SSSR count). The topological polar surface area (TPSA) is 54.1 Å². The number of thiazole rings is 1. The number of amides is 1. The van der Waals surface area contributed by atoms with Gasteiger partial charge < -0.3 is 15.0 Å². The molecule has 100 valence electrons. The maximum Gasteiger partial charge on any atom is 0.229 e. The molecule has 0 spiro atoms. The highest BCUT2D eigenvalue weighted by Crippen LogP contribution is 2.18. The molecule has 0 unspecified atom stereocenters. The number of anilines is 1. The number of aromatic amines is 1. The van der Waals surface area contributed by atoms with Crippen molar-refractivity contribution in [3.63, 3.8) is 0 Å². The van der Waals surface area contributed by atoms with Gasteiger partial charge in [-0.15, -0.1) is 11.3 Å². The lowest BCUT2D eigenvalue weighted by Crippen LogP contribution is -2.14. The van der Waals surface area contributed by atoms with E-state index in [1.807, 2.05) is 19.1 Å². The van der Waals surface area contributed by atoms with Crippen molar-refractivity contribution in [2.75, 3.05) is 12.4 Å². The van der Waals surface area contributed by atoms with Crippen LogP contribution in [0.5, 0.6) is 5.75 Å². The minimum Gasteiger partial charge on any atom is -0.497 e. The van der Waals surface area contributed by atoms with Crippen LogP contribution in [0.2, 0.25) is 0 Å². The van der Waals surface area contributed by atoms with Crippen LogP contribution >= 0.6 is 23.6 Å². The fourth-order valence-corrected chi connectivity index (χ4v) is 2.92. The third kappa shape index (κ3) is 3.65. The second kappa shape index (κ2) is 5.99. The number of ether oxygens (including phenoxy) is 1. The van der Waals surface area contributed by atoms with E-state index in [0.717, 1.165) is 22.0 Å². The largest absolute Gasteiger partial charge is 0.497 e. The van der Waals surface area contributed by atoms with Crippen molar-refractivity contribution in [1.29, 1.82) is 0 Å². The molecule has 4 nitrogen and oxygen atoms in total. The van der Waals surface area contributed by atoms with Crippen molar-refractivity contribution in [2.24, 2.45) is 0 Å². The Bertz CT molecular complexity index is 629. The van der Waals surface area contributed by atoms with Gasteiger partial charge in [-0.2, -0.15) is 0 Å². The Balaban J connectivity index is 2.00. The van der Waals surface area contributed by atoms with Crippen LogP contribution in [0.3, 0.4) is 0 Å². The Morgan fingerprint density at radius 3 is 2.63 bits per heavy atom. The first kappa shape index (κ1) is 13.8. The lowest BCUT2D eigenvalue weighted by molar-refractivity contribution is -0.115. The Morgan fingerprint density at radius 2 is 2.11 bits per heavy atom. The molecule has 1 aromatic heterocycles. The fourth-order valence-electron chi connectivity index (χ4n) is 1.63. The molecule has 0 aliphatic carbocycles. The summed E-state index contributed by atoms with van der Waals surface area (Å²) in [5.41, 5.74) is 1.71. The van der Waals surface area contributed by atoms with E-state index in [2.05, 4.69) is 10.3 Å². The van der Waals surface area contributed by atoms with Gasteiger partial charge in [-0.1, -0.05) is 0 Å². The van der Waals surface area contributed by atoms with E-state index >= 15 is 0 Å². The fraction of sp³-hybridized carbons (Fsp3) is 0.231. The van der Waals surface area contributed by atoms with E-state index in [-0.39, 0.29) is 5.91 Å². The van der Waals surface area contributed by atoms with Crippen LogP contribution in [-0.2, 0) is 11.2 Å². The summed E-state index contributed by atoms with van der Waals surface area (Å²) in [6, 6.07) is 7.23. The molecule has 19 heavy (non-hydrogen) atoms. The van der Waals surface area contributed by atoms with E-state index in [1.54, 1.807) is 19.2 Å². The van der Waals surface area contributed by atoms with Gasteiger partial charge in [0.2, 0.25) is 5.91 Å². The molecule has 0 aliphatic heterocycles. The van der Waals surface area contributed by atoms with E-state index in [9.17, 15) is 4.79 Å². The second-order valence-corrected chi connectivity index (χ2v) is 5.79. The van der Waals surface area contributed by atoms with Gasteiger partial charge in [0.25, 0.3) is 0 Å². The minimum absolute atomic E-state index is 0.0569. The Kier molecular flexibility index (Phi) is 4.34. The molecule has 2 aromatic rings. The van der Waals surface area contributed by atoms with Crippen molar-refractivity contribution >= 4 is 35.1 Å². The van der Waals surface area contributed by atoms with Gasteiger partial charge in [0, 0.05) is 16.3 Å². The summed E-state index contributed by atoms with van der Waals surface area (Å²) in [6.07, 6.45) is 0.329. The number of nitrogens with one attached hydrogen (secondary N) is 2. The number of aryl methyl sites for hydroxylation is 1. The number of carbonyl (C=O) groups excluding carboxylic acids is 1. The van der Waals surface area contributed by atoms with Crippen molar-refractivity contribution < 1.29 is 9.53 Å². The van der Waals surface area contributed by atoms with Gasteiger partial charge >= 0.3 is 0 Å². The second-order valence-electron chi connectivity index (χ2n) is 4.02. The predicted molar refractivity (Wildman–Crippen MR) is 79.6 cm³/mol. The SMILES string of the molecule is COc1ccc(NC(=O)Cc2sc(=S)[nH]c2C)cc1. The van der Waals surface area contributed by atoms with Crippen LogP contribution in [0.25, 0.3) is 0 Å². The van der Waals surface area contributed by atoms with Gasteiger partial charge in [0.05, 0.1) is 13.5 Å². The maximum absolute atomic E-state index is 11.9. The number of H-pyrrole nitrogens is 1. The summed E-state index contributed by atoms with van der Waals surface area (Å²) < 4.78 is 5.76. The Morgan fingerprint density at radius 1 is 1.42 bits per heavy atom. The number of hydrogen-bond donors (Lipinski definition) is 2. The number of benzene rings is 1. The van der Waals surface area contributed by atoms with E-state index in [0.29, 0.717) is 10.4 Å². The van der Waals surface area contributed by atoms with E-state index in [1.165, 1.54) is 11.3 Å². The highest BCUT2D eigenvalue weighted by Gasteiger charge is 2.09. The van der Waals surface area contributed by atoms with E-state index in [4.69, 9.17) is 17.0 Å². The molecule has 0 radical (unpaired) electrons.